The molecule has 2 saturated heterocycles. The molecule has 0 unspecified atom stereocenters. The lowest BCUT2D eigenvalue weighted by molar-refractivity contribution is -0.146. The van der Waals surface area contributed by atoms with Crippen LogP contribution in [0.15, 0.2) is 12.4 Å². The maximum atomic E-state index is 12.7. The number of ether oxygens (including phenoxy) is 1. The first-order valence-corrected chi connectivity index (χ1v) is 8.40. The van der Waals surface area contributed by atoms with E-state index in [0.717, 1.165) is 44.7 Å². The molecule has 0 radical (unpaired) electrons. The highest BCUT2D eigenvalue weighted by atomic mass is 16.5. The number of nitrogens with one attached hydrogen (secondary N) is 1. The summed E-state index contributed by atoms with van der Waals surface area (Å²) in [6.07, 6.45) is 6.48. The fourth-order valence-corrected chi connectivity index (χ4v) is 3.51. The van der Waals surface area contributed by atoms with Gasteiger partial charge in [0, 0.05) is 32.0 Å². The normalized spacial score (nSPS) is 29.9. The molecule has 3 rings (SSSR count). The minimum absolute atomic E-state index is 0.154. The molecule has 0 aliphatic carbocycles. The second-order valence-electron chi connectivity index (χ2n) is 6.14. The summed E-state index contributed by atoms with van der Waals surface area (Å²) in [4.78, 5) is 24.6. The van der Waals surface area contributed by atoms with Gasteiger partial charge < -0.3 is 14.6 Å². The van der Waals surface area contributed by atoms with E-state index in [1.165, 1.54) is 0 Å². The number of hydrogen-bond donors (Lipinski definition) is 1. The lowest BCUT2D eigenvalue weighted by atomic mass is 10.1. The van der Waals surface area contributed by atoms with Gasteiger partial charge in [-0.25, -0.2) is 4.98 Å². The number of likely N-dealkylation sites (N-methyl/N-ethyl adjacent to an activating group) is 1. The van der Waals surface area contributed by atoms with Crippen molar-refractivity contribution in [1.29, 1.82) is 0 Å². The van der Waals surface area contributed by atoms with Crippen molar-refractivity contribution in [3.8, 4) is 0 Å². The number of carbonyl (C=O) groups is 1. The number of amides is 1. The highest BCUT2D eigenvalue weighted by Gasteiger charge is 2.37. The Labute approximate surface area is 131 Å². The Balaban J connectivity index is 1.66. The van der Waals surface area contributed by atoms with Crippen LogP contribution in [0.4, 0.5) is 0 Å². The van der Waals surface area contributed by atoms with Gasteiger partial charge in [0.1, 0.15) is 11.9 Å². The van der Waals surface area contributed by atoms with E-state index in [4.69, 9.17) is 4.74 Å². The van der Waals surface area contributed by atoms with Crippen molar-refractivity contribution in [1.82, 2.24) is 19.8 Å². The van der Waals surface area contributed by atoms with Gasteiger partial charge in [-0.2, -0.15) is 0 Å². The first-order chi connectivity index (χ1) is 10.7. The van der Waals surface area contributed by atoms with Gasteiger partial charge >= 0.3 is 0 Å². The zero-order valence-corrected chi connectivity index (χ0v) is 13.5. The van der Waals surface area contributed by atoms with E-state index in [1.807, 2.05) is 11.1 Å². The van der Waals surface area contributed by atoms with Crippen LogP contribution in [0.3, 0.4) is 0 Å². The third kappa shape index (κ3) is 3.03. The molecule has 22 heavy (non-hydrogen) atoms. The highest BCUT2D eigenvalue weighted by molar-refractivity contribution is 5.81. The van der Waals surface area contributed by atoms with Crippen molar-refractivity contribution in [3.63, 3.8) is 0 Å². The zero-order valence-electron chi connectivity index (χ0n) is 13.5. The lowest BCUT2D eigenvalue weighted by Gasteiger charge is -2.40. The van der Waals surface area contributed by atoms with E-state index in [-0.39, 0.29) is 24.2 Å². The monoisotopic (exact) mass is 306 g/mol. The Hall–Kier alpha value is -1.40. The predicted molar refractivity (Wildman–Crippen MR) is 83.3 cm³/mol. The van der Waals surface area contributed by atoms with Gasteiger partial charge in [-0.3, -0.25) is 9.69 Å². The van der Waals surface area contributed by atoms with Crippen LogP contribution in [0.1, 0.15) is 45.0 Å². The number of rotatable bonds is 4. The van der Waals surface area contributed by atoms with Crippen LogP contribution in [0.25, 0.3) is 0 Å². The molecule has 6 heteroatoms. The predicted octanol–water partition coefficient (Wildman–Crippen LogP) is 1.57. The van der Waals surface area contributed by atoms with Gasteiger partial charge in [-0.05, 0) is 25.8 Å². The Bertz CT molecular complexity index is 490. The zero-order chi connectivity index (χ0) is 15.5. The largest absolute Gasteiger partial charge is 0.365 e. The second kappa shape index (κ2) is 6.79. The number of nitrogens with zero attached hydrogens (tertiary/aromatic N) is 3. The SMILES string of the molecule is CC[C@@H]1CC[C@@H](C(=O)N2CCN(CC)[C@@H](c3ncc[nH]3)C2)O1. The van der Waals surface area contributed by atoms with Gasteiger partial charge in [-0.15, -0.1) is 0 Å². The Morgan fingerprint density at radius 1 is 1.41 bits per heavy atom. The minimum Gasteiger partial charge on any atom is -0.365 e. The molecule has 0 saturated carbocycles. The average Bonchev–Trinajstić information content (AvgIpc) is 3.24. The number of aromatic nitrogens is 2. The molecule has 3 atom stereocenters. The number of piperazine rings is 1. The molecular weight excluding hydrogens is 280 g/mol. The van der Waals surface area contributed by atoms with Crippen LogP contribution in [0.5, 0.6) is 0 Å². The van der Waals surface area contributed by atoms with Crippen LogP contribution < -0.4 is 0 Å². The molecule has 0 bridgehead atoms. The van der Waals surface area contributed by atoms with Crippen LogP contribution in [-0.2, 0) is 9.53 Å². The molecule has 0 aromatic carbocycles. The summed E-state index contributed by atoms with van der Waals surface area (Å²) >= 11 is 0. The van der Waals surface area contributed by atoms with Crippen molar-refractivity contribution >= 4 is 5.91 Å². The summed E-state index contributed by atoms with van der Waals surface area (Å²) in [5.74, 6) is 1.10. The van der Waals surface area contributed by atoms with Gasteiger partial charge in [0.15, 0.2) is 0 Å². The molecule has 1 amide bonds. The summed E-state index contributed by atoms with van der Waals surface area (Å²) in [6.45, 7) is 7.59. The van der Waals surface area contributed by atoms with E-state index in [1.54, 1.807) is 6.20 Å². The molecule has 3 heterocycles. The van der Waals surface area contributed by atoms with E-state index in [0.29, 0.717) is 6.54 Å². The van der Waals surface area contributed by atoms with Crippen molar-refractivity contribution in [2.24, 2.45) is 0 Å². The second-order valence-corrected chi connectivity index (χ2v) is 6.14. The molecule has 1 N–H and O–H groups in total. The van der Waals surface area contributed by atoms with E-state index in [9.17, 15) is 4.79 Å². The number of imidazole rings is 1. The third-order valence-corrected chi connectivity index (χ3v) is 4.88. The molecule has 2 fully saturated rings. The van der Waals surface area contributed by atoms with E-state index < -0.39 is 0 Å². The number of aromatic amines is 1. The fourth-order valence-electron chi connectivity index (χ4n) is 3.51. The van der Waals surface area contributed by atoms with Gasteiger partial charge in [0.2, 0.25) is 0 Å². The molecule has 1 aromatic rings. The lowest BCUT2D eigenvalue weighted by Crippen LogP contribution is -2.53. The van der Waals surface area contributed by atoms with Gasteiger partial charge in [-0.1, -0.05) is 13.8 Å². The van der Waals surface area contributed by atoms with Crippen LogP contribution in [-0.4, -0.2) is 64.1 Å². The Morgan fingerprint density at radius 2 is 2.27 bits per heavy atom. The molecule has 2 aliphatic heterocycles. The molecule has 6 nitrogen and oxygen atoms in total. The van der Waals surface area contributed by atoms with Crippen molar-refractivity contribution in [2.75, 3.05) is 26.2 Å². The van der Waals surface area contributed by atoms with Crippen molar-refractivity contribution in [2.45, 2.75) is 51.4 Å². The smallest absolute Gasteiger partial charge is 0.251 e. The molecule has 122 valence electrons. The number of hydrogen-bond acceptors (Lipinski definition) is 4. The molecule has 1 aromatic heterocycles. The van der Waals surface area contributed by atoms with Crippen LogP contribution >= 0.6 is 0 Å². The molecular formula is C16H26N4O2. The van der Waals surface area contributed by atoms with Gasteiger partial charge in [0.25, 0.3) is 5.91 Å². The summed E-state index contributed by atoms with van der Waals surface area (Å²) in [5.41, 5.74) is 0. The van der Waals surface area contributed by atoms with E-state index >= 15 is 0 Å². The summed E-state index contributed by atoms with van der Waals surface area (Å²) in [7, 11) is 0. The quantitative estimate of drug-likeness (QED) is 0.917. The Kier molecular flexibility index (Phi) is 4.78. The Morgan fingerprint density at radius 3 is 2.91 bits per heavy atom. The minimum atomic E-state index is -0.240. The third-order valence-electron chi connectivity index (χ3n) is 4.88. The fraction of sp³-hybridized carbons (Fsp3) is 0.750. The van der Waals surface area contributed by atoms with Crippen molar-refractivity contribution in [3.05, 3.63) is 18.2 Å². The van der Waals surface area contributed by atoms with Crippen LogP contribution in [0.2, 0.25) is 0 Å². The molecule has 2 aliphatic rings. The van der Waals surface area contributed by atoms with Crippen LogP contribution in [0, 0.1) is 0 Å². The van der Waals surface area contributed by atoms with Gasteiger partial charge in [0.05, 0.1) is 12.1 Å². The first kappa shape index (κ1) is 15.5. The summed E-state index contributed by atoms with van der Waals surface area (Å²) in [5, 5.41) is 0. The van der Waals surface area contributed by atoms with E-state index in [2.05, 4.69) is 28.7 Å². The number of carbonyl (C=O) groups excluding carboxylic acids is 1. The standard InChI is InChI=1S/C16H26N4O2/c1-3-12-5-6-14(22-12)16(21)20-10-9-19(4-2)13(11-20)15-17-7-8-18-15/h7-8,12-14H,3-6,9-11H2,1-2H3,(H,17,18)/t12-,13-,14+/m1/s1. The number of H-pyrrole nitrogens is 1. The molecule has 0 spiro atoms. The topological polar surface area (TPSA) is 61.5 Å². The maximum Gasteiger partial charge on any atom is 0.251 e. The first-order valence-electron chi connectivity index (χ1n) is 8.40. The van der Waals surface area contributed by atoms with Crippen molar-refractivity contribution < 1.29 is 9.53 Å². The summed E-state index contributed by atoms with van der Waals surface area (Å²) < 4.78 is 5.88. The maximum absolute atomic E-state index is 12.7. The highest BCUT2D eigenvalue weighted by Crippen LogP contribution is 2.27. The summed E-state index contributed by atoms with van der Waals surface area (Å²) in [6, 6.07) is 0.154. The average molecular weight is 306 g/mol.